The Hall–Kier alpha value is -2.31. The fourth-order valence-corrected chi connectivity index (χ4v) is 3.48. The maximum Gasteiger partial charge on any atom is 0.195 e. The Kier molecular flexibility index (Phi) is 3.64. The average molecular weight is 294 g/mol. The first-order chi connectivity index (χ1) is 10.2. The highest BCUT2D eigenvalue weighted by Crippen LogP contribution is 2.28. The Morgan fingerprint density at radius 2 is 1.86 bits per heavy atom. The van der Waals surface area contributed by atoms with Gasteiger partial charge in [0, 0.05) is 20.2 Å². The molecule has 1 aromatic heterocycles. The van der Waals surface area contributed by atoms with Gasteiger partial charge in [0.2, 0.25) is 0 Å². The highest BCUT2D eigenvalue weighted by molar-refractivity contribution is 7.24. The van der Waals surface area contributed by atoms with E-state index in [0.29, 0.717) is 5.75 Å². The molecule has 0 aliphatic heterocycles. The molecule has 2 aromatic carbocycles. The standard InChI is InChI=1S/C18H14O2S/c1-3-9-20-13-6-8-15-17(11-13)21-16-10-12(4-2)5-7-14(16)18(15)19/h1,5-8,10-11H,4,9H2,2H3. The maximum absolute atomic E-state index is 12.5. The Labute approximate surface area is 127 Å². The minimum absolute atomic E-state index is 0.0740. The van der Waals surface area contributed by atoms with Crippen LogP contribution >= 0.6 is 11.3 Å². The van der Waals surface area contributed by atoms with Crippen molar-refractivity contribution < 1.29 is 4.74 Å². The van der Waals surface area contributed by atoms with Gasteiger partial charge < -0.3 is 4.74 Å². The molecular formula is C18H14O2S. The lowest BCUT2D eigenvalue weighted by Gasteiger charge is -2.06. The van der Waals surface area contributed by atoms with E-state index in [1.807, 2.05) is 24.3 Å². The molecule has 21 heavy (non-hydrogen) atoms. The Bertz CT molecular complexity index is 916. The van der Waals surface area contributed by atoms with Crippen LogP contribution in [-0.2, 0) is 6.42 Å². The van der Waals surface area contributed by atoms with E-state index >= 15 is 0 Å². The number of aryl methyl sites for hydroxylation is 1. The van der Waals surface area contributed by atoms with E-state index in [9.17, 15) is 4.79 Å². The molecule has 0 saturated carbocycles. The molecule has 0 aliphatic rings. The van der Waals surface area contributed by atoms with Crippen molar-refractivity contribution in [3.05, 3.63) is 52.2 Å². The van der Waals surface area contributed by atoms with E-state index in [-0.39, 0.29) is 12.0 Å². The SMILES string of the molecule is C#CCOc1ccc2c(=O)c3ccc(CC)cc3sc2c1. The van der Waals surface area contributed by atoms with Crippen molar-refractivity contribution in [2.24, 2.45) is 0 Å². The minimum atomic E-state index is 0.0740. The Balaban J connectivity index is 2.24. The molecule has 3 aromatic rings. The molecule has 0 amide bonds. The number of benzene rings is 2. The second-order valence-electron chi connectivity index (χ2n) is 4.77. The van der Waals surface area contributed by atoms with E-state index in [0.717, 1.165) is 26.6 Å². The number of ether oxygens (including phenoxy) is 1. The normalized spacial score (nSPS) is 10.7. The van der Waals surface area contributed by atoms with Crippen LogP contribution in [-0.4, -0.2) is 6.61 Å². The highest BCUT2D eigenvalue weighted by Gasteiger charge is 2.07. The Morgan fingerprint density at radius 1 is 1.14 bits per heavy atom. The first-order valence-corrected chi connectivity index (χ1v) is 7.60. The number of fused-ring (bicyclic) bond motifs is 2. The van der Waals surface area contributed by atoms with E-state index in [2.05, 4.69) is 18.9 Å². The lowest BCUT2D eigenvalue weighted by Crippen LogP contribution is -2.01. The van der Waals surface area contributed by atoms with E-state index in [1.54, 1.807) is 17.4 Å². The summed E-state index contributed by atoms with van der Waals surface area (Å²) in [5, 5.41) is 1.51. The zero-order chi connectivity index (χ0) is 14.8. The smallest absolute Gasteiger partial charge is 0.195 e. The summed E-state index contributed by atoms with van der Waals surface area (Å²) in [5.41, 5.74) is 1.31. The quantitative estimate of drug-likeness (QED) is 0.539. The first-order valence-electron chi connectivity index (χ1n) is 6.78. The molecule has 0 spiro atoms. The highest BCUT2D eigenvalue weighted by atomic mass is 32.1. The van der Waals surface area contributed by atoms with Gasteiger partial charge in [0.15, 0.2) is 5.43 Å². The maximum atomic E-state index is 12.5. The largest absolute Gasteiger partial charge is 0.481 e. The summed E-state index contributed by atoms with van der Waals surface area (Å²) < 4.78 is 7.37. The Morgan fingerprint density at radius 3 is 2.57 bits per heavy atom. The fourth-order valence-electron chi connectivity index (χ4n) is 2.31. The van der Waals surface area contributed by atoms with Crippen LogP contribution < -0.4 is 10.2 Å². The van der Waals surface area contributed by atoms with E-state index < -0.39 is 0 Å². The molecule has 3 rings (SSSR count). The molecule has 0 saturated heterocycles. The predicted octanol–water partition coefficient (Wildman–Crippen LogP) is 3.99. The first kappa shape index (κ1) is 13.7. The molecule has 0 aliphatic carbocycles. The van der Waals surface area contributed by atoms with Crippen molar-refractivity contribution in [2.45, 2.75) is 13.3 Å². The second-order valence-corrected chi connectivity index (χ2v) is 5.85. The van der Waals surface area contributed by atoms with Gasteiger partial charge in [-0.2, -0.15) is 0 Å². The van der Waals surface area contributed by atoms with Crippen LogP contribution in [0.3, 0.4) is 0 Å². The molecule has 3 heteroatoms. The molecule has 0 atom stereocenters. The van der Waals surface area contributed by atoms with Crippen LogP contribution in [0.25, 0.3) is 20.2 Å². The third-order valence-corrected chi connectivity index (χ3v) is 4.55. The van der Waals surface area contributed by atoms with Crippen molar-refractivity contribution in [2.75, 3.05) is 6.61 Å². The van der Waals surface area contributed by atoms with E-state index in [4.69, 9.17) is 11.2 Å². The molecule has 0 unspecified atom stereocenters. The van der Waals surface area contributed by atoms with Crippen molar-refractivity contribution >= 4 is 31.5 Å². The summed E-state index contributed by atoms with van der Waals surface area (Å²) >= 11 is 1.61. The van der Waals surface area contributed by atoms with Crippen LogP contribution in [0.4, 0.5) is 0 Å². The predicted molar refractivity (Wildman–Crippen MR) is 89.3 cm³/mol. The number of terminal acetylenes is 1. The van der Waals surface area contributed by atoms with Gasteiger partial charge in [-0.05, 0) is 42.3 Å². The summed E-state index contributed by atoms with van der Waals surface area (Å²) in [6.45, 7) is 2.34. The summed E-state index contributed by atoms with van der Waals surface area (Å²) in [6, 6.07) is 11.5. The van der Waals surface area contributed by atoms with Crippen LogP contribution in [0, 0.1) is 12.3 Å². The molecule has 1 heterocycles. The minimum Gasteiger partial charge on any atom is -0.481 e. The van der Waals surface area contributed by atoms with Crippen molar-refractivity contribution in [1.82, 2.24) is 0 Å². The van der Waals surface area contributed by atoms with E-state index in [1.165, 1.54) is 5.56 Å². The molecule has 0 fully saturated rings. The molecule has 0 bridgehead atoms. The molecule has 0 N–H and O–H groups in total. The lowest BCUT2D eigenvalue weighted by molar-refractivity contribution is 0.371. The van der Waals surface area contributed by atoms with Gasteiger partial charge in [0.1, 0.15) is 12.4 Å². The van der Waals surface area contributed by atoms with Gasteiger partial charge in [-0.15, -0.1) is 17.8 Å². The van der Waals surface area contributed by atoms with Gasteiger partial charge >= 0.3 is 0 Å². The van der Waals surface area contributed by atoms with Gasteiger partial charge in [0.25, 0.3) is 0 Å². The molecule has 2 nitrogen and oxygen atoms in total. The van der Waals surface area contributed by atoms with Crippen molar-refractivity contribution in [3.63, 3.8) is 0 Å². The van der Waals surface area contributed by atoms with Gasteiger partial charge in [-0.25, -0.2) is 0 Å². The van der Waals surface area contributed by atoms with Crippen LogP contribution in [0.15, 0.2) is 41.2 Å². The number of rotatable bonds is 3. The summed E-state index contributed by atoms with van der Waals surface area (Å²) in [7, 11) is 0. The zero-order valence-corrected chi connectivity index (χ0v) is 12.5. The summed E-state index contributed by atoms with van der Waals surface area (Å²) in [4.78, 5) is 12.5. The van der Waals surface area contributed by atoms with Crippen LogP contribution in [0.1, 0.15) is 12.5 Å². The molecule has 104 valence electrons. The summed E-state index contributed by atoms with van der Waals surface area (Å²) in [6.07, 6.45) is 6.16. The van der Waals surface area contributed by atoms with Crippen LogP contribution in [0.2, 0.25) is 0 Å². The molecule has 0 radical (unpaired) electrons. The zero-order valence-electron chi connectivity index (χ0n) is 11.7. The average Bonchev–Trinajstić information content (AvgIpc) is 2.52. The van der Waals surface area contributed by atoms with Gasteiger partial charge in [-0.3, -0.25) is 4.79 Å². The van der Waals surface area contributed by atoms with Crippen molar-refractivity contribution in [3.8, 4) is 18.1 Å². The third kappa shape index (κ3) is 2.51. The number of hydrogen-bond acceptors (Lipinski definition) is 3. The lowest BCUT2D eigenvalue weighted by atomic mass is 10.1. The second kappa shape index (κ2) is 5.59. The van der Waals surface area contributed by atoms with Crippen molar-refractivity contribution in [1.29, 1.82) is 0 Å². The van der Waals surface area contributed by atoms with Gasteiger partial charge in [0.05, 0.1) is 0 Å². The summed E-state index contributed by atoms with van der Waals surface area (Å²) in [5.74, 6) is 3.14. The molecular weight excluding hydrogens is 280 g/mol. The topological polar surface area (TPSA) is 26.3 Å². The van der Waals surface area contributed by atoms with Gasteiger partial charge in [-0.1, -0.05) is 18.9 Å². The van der Waals surface area contributed by atoms with Crippen LogP contribution in [0.5, 0.6) is 5.75 Å². The monoisotopic (exact) mass is 294 g/mol. The number of hydrogen-bond donors (Lipinski definition) is 0. The third-order valence-electron chi connectivity index (χ3n) is 3.44. The fraction of sp³-hybridized carbons (Fsp3) is 0.167.